The maximum absolute atomic E-state index is 12.2. The molecule has 0 radical (unpaired) electrons. The van der Waals surface area contributed by atoms with E-state index in [-0.39, 0.29) is 18.0 Å². The van der Waals surface area contributed by atoms with Gasteiger partial charge in [0.05, 0.1) is 6.61 Å². The molecule has 0 unspecified atom stereocenters. The Bertz CT molecular complexity index is 562. The molecule has 0 amide bonds. The number of rotatable bonds is 5. The van der Waals surface area contributed by atoms with Gasteiger partial charge < -0.3 is 19.6 Å². The molecule has 22 heavy (non-hydrogen) atoms. The summed E-state index contributed by atoms with van der Waals surface area (Å²) in [5, 5.41) is 10.6. The van der Waals surface area contributed by atoms with Gasteiger partial charge in [-0.15, -0.1) is 0 Å². The van der Waals surface area contributed by atoms with E-state index in [0.29, 0.717) is 0 Å². The molecular formula is C14H18N2O6. The lowest BCUT2D eigenvalue weighted by molar-refractivity contribution is -0.389. The number of aromatic nitrogens is 1. The SMILES string of the molecule is CCOC(=O)[C@@H](C(=O)OC(C)(C)C)c1ccc([N+](=O)[O-])nc1. The number of esters is 2. The Balaban J connectivity index is 3.12. The van der Waals surface area contributed by atoms with Crippen LogP contribution in [0.25, 0.3) is 0 Å². The van der Waals surface area contributed by atoms with Gasteiger partial charge in [0.2, 0.25) is 0 Å². The zero-order chi connectivity index (χ0) is 16.9. The minimum atomic E-state index is -1.33. The highest BCUT2D eigenvalue weighted by molar-refractivity contribution is 6.00. The average molecular weight is 310 g/mol. The topological polar surface area (TPSA) is 109 Å². The molecule has 0 aliphatic carbocycles. The third kappa shape index (κ3) is 4.80. The molecule has 1 aromatic heterocycles. The van der Waals surface area contributed by atoms with E-state index in [4.69, 9.17) is 9.47 Å². The number of pyridine rings is 1. The van der Waals surface area contributed by atoms with Crippen LogP contribution in [0.4, 0.5) is 5.82 Å². The van der Waals surface area contributed by atoms with E-state index in [1.165, 1.54) is 6.07 Å². The predicted molar refractivity (Wildman–Crippen MR) is 76.1 cm³/mol. The zero-order valence-corrected chi connectivity index (χ0v) is 12.9. The van der Waals surface area contributed by atoms with Crippen molar-refractivity contribution in [2.24, 2.45) is 0 Å². The van der Waals surface area contributed by atoms with E-state index in [0.717, 1.165) is 12.3 Å². The number of hydrogen-bond acceptors (Lipinski definition) is 7. The number of ether oxygens (including phenoxy) is 2. The Kier molecular flexibility index (Phi) is 5.56. The predicted octanol–water partition coefficient (Wildman–Crippen LogP) is 1.98. The summed E-state index contributed by atoms with van der Waals surface area (Å²) in [5.74, 6) is -3.28. The van der Waals surface area contributed by atoms with Crippen LogP contribution in [0.1, 0.15) is 39.2 Å². The normalized spacial score (nSPS) is 12.4. The quantitative estimate of drug-likeness (QED) is 0.354. The smallest absolute Gasteiger partial charge is 0.363 e. The second-order valence-electron chi connectivity index (χ2n) is 5.43. The highest BCUT2D eigenvalue weighted by atomic mass is 16.6. The van der Waals surface area contributed by atoms with Crippen molar-refractivity contribution < 1.29 is 24.0 Å². The van der Waals surface area contributed by atoms with Crippen molar-refractivity contribution in [2.75, 3.05) is 6.61 Å². The minimum absolute atomic E-state index is 0.0958. The van der Waals surface area contributed by atoms with Crippen molar-refractivity contribution in [3.8, 4) is 0 Å². The molecule has 0 saturated carbocycles. The average Bonchev–Trinajstić information content (AvgIpc) is 2.37. The maximum Gasteiger partial charge on any atom is 0.363 e. The minimum Gasteiger partial charge on any atom is -0.465 e. The van der Waals surface area contributed by atoms with Gasteiger partial charge in [0.1, 0.15) is 11.8 Å². The van der Waals surface area contributed by atoms with E-state index in [1.54, 1.807) is 27.7 Å². The Morgan fingerprint density at radius 1 is 1.32 bits per heavy atom. The summed E-state index contributed by atoms with van der Waals surface area (Å²) in [6.45, 7) is 6.71. The van der Waals surface area contributed by atoms with E-state index in [1.807, 2.05) is 0 Å². The van der Waals surface area contributed by atoms with E-state index in [9.17, 15) is 19.7 Å². The summed E-state index contributed by atoms with van der Waals surface area (Å²) in [7, 11) is 0. The molecule has 1 aromatic rings. The number of hydrogen-bond donors (Lipinski definition) is 0. The summed E-state index contributed by atoms with van der Waals surface area (Å²) in [6.07, 6.45) is 1.10. The lowest BCUT2D eigenvalue weighted by Crippen LogP contribution is -2.32. The molecule has 0 N–H and O–H groups in total. The molecule has 120 valence electrons. The first-order valence-electron chi connectivity index (χ1n) is 6.65. The van der Waals surface area contributed by atoms with E-state index < -0.39 is 28.4 Å². The molecule has 1 rings (SSSR count). The van der Waals surface area contributed by atoms with Crippen LogP contribution in [-0.2, 0) is 19.1 Å². The highest BCUT2D eigenvalue weighted by Gasteiger charge is 2.35. The van der Waals surface area contributed by atoms with Gasteiger partial charge >= 0.3 is 17.8 Å². The first kappa shape index (κ1) is 17.5. The maximum atomic E-state index is 12.2. The number of nitrogens with zero attached hydrogens (tertiary/aromatic N) is 2. The van der Waals surface area contributed by atoms with Crippen molar-refractivity contribution in [1.82, 2.24) is 4.98 Å². The molecule has 0 fully saturated rings. The summed E-state index contributed by atoms with van der Waals surface area (Å²) < 4.78 is 10.1. The largest absolute Gasteiger partial charge is 0.465 e. The molecule has 1 heterocycles. The molecule has 0 bridgehead atoms. The molecule has 0 spiro atoms. The van der Waals surface area contributed by atoms with Crippen molar-refractivity contribution in [3.05, 3.63) is 34.0 Å². The second-order valence-corrected chi connectivity index (χ2v) is 5.43. The molecule has 0 aliphatic heterocycles. The van der Waals surface area contributed by atoms with Crippen LogP contribution in [0.2, 0.25) is 0 Å². The van der Waals surface area contributed by atoms with Crippen molar-refractivity contribution in [1.29, 1.82) is 0 Å². The molecular weight excluding hydrogens is 292 g/mol. The summed E-state index contributed by atoms with van der Waals surface area (Å²) >= 11 is 0. The fraction of sp³-hybridized carbons (Fsp3) is 0.500. The van der Waals surface area contributed by atoms with E-state index >= 15 is 0 Å². The highest BCUT2D eigenvalue weighted by Crippen LogP contribution is 2.23. The summed E-state index contributed by atoms with van der Waals surface area (Å²) in [5.41, 5.74) is -0.603. The first-order chi connectivity index (χ1) is 10.2. The zero-order valence-electron chi connectivity index (χ0n) is 12.9. The van der Waals surface area contributed by atoms with Crippen LogP contribution in [0, 0.1) is 10.1 Å². The molecule has 0 aliphatic rings. The molecule has 8 heteroatoms. The van der Waals surface area contributed by atoms with Crippen molar-refractivity contribution >= 4 is 17.8 Å². The first-order valence-corrected chi connectivity index (χ1v) is 6.65. The third-order valence-corrected chi connectivity index (χ3v) is 2.46. The molecule has 0 saturated heterocycles. The third-order valence-electron chi connectivity index (χ3n) is 2.46. The van der Waals surface area contributed by atoms with Gasteiger partial charge in [0, 0.05) is 11.6 Å². The van der Waals surface area contributed by atoms with Gasteiger partial charge in [-0.25, -0.2) is 0 Å². The van der Waals surface area contributed by atoms with Gasteiger partial charge in [-0.05, 0) is 43.7 Å². The van der Waals surface area contributed by atoms with Crippen LogP contribution < -0.4 is 0 Å². The van der Waals surface area contributed by atoms with Crippen LogP contribution in [0.15, 0.2) is 18.3 Å². The van der Waals surface area contributed by atoms with E-state index in [2.05, 4.69) is 4.98 Å². The Morgan fingerprint density at radius 2 is 1.95 bits per heavy atom. The Hall–Kier alpha value is -2.51. The summed E-state index contributed by atoms with van der Waals surface area (Å²) in [6, 6.07) is 2.41. The molecule has 8 nitrogen and oxygen atoms in total. The second kappa shape index (κ2) is 6.97. The van der Waals surface area contributed by atoms with Gasteiger partial charge in [0.15, 0.2) is 5.92 Å². The van der Waals surface area contributed by atoms with Crippen LogP contribution >= 0.6 is 0 Å². The fourth-order valence-corrected chi connectivity index (χ4v) is 1.63. The van der Waals surface area contributed by atoms with Gasteiger partial charge in [-0.1, -0.05) is 0 Å². The van der Waals surface area contributed by atoms with Crippen LogP contribution in [-0.4, -0.2) is 34.1 Å². The van der Waals surface area contributed by atoms with Gasteiger partial charge in [0.25, 0.3) is 0 Å². The van der Waals surface area contributed by atoms with Crippen molar-refractivity contribution in [2.45, 2.75) is 39.2 Å². The van der Waals surface area contributed by atoms with Gasteiger partial charge in [-0.2, -0.15) is 0 Å². The Morgan fingerprint density at radius 3 is 2.36 bits per heavy atom. The molecule has 0 aromatic carbocycles. The number of nitro groups is 1. The number of carbonyl (C=O) groups excluding carboxylic acids is 2. The van der Waals surface area contributed by atoms with Crippen LogP contribution in [0.5, 0.6) is 0 Å². The lowest BCUT2D eigenvalue weighted by Gasteiger charge is -2.22. The number of carbonyl (C=O) groups is 2. The summed E-state index contributed by atoms with van der Waals surface area (Å²) in [4.78, 5) is 37.8. The Labute approximate surface area is 127 Å². The van der Waals surface area contributed by atoms with Crippen LogP contribution in [0.3, 0.4) is 0 Å². The molecule has 1 atom stereocenters. The standard InChI is InChI=1S/C14H18N2O6/c1-5-21-12(17)11(13(18)22-14(2,3)4)9-6-7-10(15-8-9)16(19)20/h6-8,11H,5H2,1-4H3/t11-/m0/s1. The van der Waals surface area contributed by atoms with Crippen molar-refractivity contribution in [3.63, 3.8) is 0 Å². The monoisotopic (exact) mass is 310 g/mol. The fourth-order valence-electron chi connectivity index (χ4n) is 1.63. The lowest BCUT2D eigenvalue weighted by atomic mass is 10.0. The van der Waals surface area contributed by atoms with Gasteiger partial charge in [-0.3, -0.25) is 9.59 Å².